The highest BCUT2D eigenvalue weighted by Crippen LogP contribution is 2.21. The summed E-state index contributed by atoms with van der Waals surface area (Å²) in [5.74, 6) is 0.773. The molecule has 0 aromatic heterocycles. The Balaban J connectivity index is 0.00000144. The quantitative estimate of drug-likeness (QED) is 0.824. The van der Waals surface area contributed by atoms with Gasteiger partial charge < -0.3 is 10.9 Å². The standard InChI is InChI=1S/C13H9FO2.H3N/c14-11-4-6-12(7-5-11)16-13-3-1-2-10(8-13)9-15;/h1-9H;1H3. The maximum atomic E-state index is 12.6. The van der Waals surface area contributed by atoms with Crippen molar-refractivity contribution in [2.24, 2.45) is 0 Å². The molecule has 17 heavy (non-hydrogen) atoms. The third kappa shape index (κ3) is 3.39. The largest absolute Gasteiger partial charge is 0.457 e. The molecule has 0 fully saturated rings. The van der Waals surface area contributed by atoms with Gasteiger partial charge >= 0.3 is 0 Å². The molecule has 2 aromatic carbocycles. The molecule has 0 amide bonds. The minimum atomic E-state index is -0.311. The normalized spacial score (nSPS) is 9.24. The zero-order chi connectivity index (χ0) is 11.4. The van der Waals surface area contributed by atoms with Gasteiger partial charge in [-0.1, -0.05) is 12.1 Å². The van der Waals surface area contributed by atoms with E-state index in [1.54, 1.807) is 24.3 Å². The number of carbonyl (C=O) groups excluding carboxylic acids is 1. The molecule has 0 atom stereocenters. The van der Waals surface area contributed by atoms with Crippen LogP contribution in [0.2, 0.25) is 0 Å². The first-order valence-corrected chi connectivity index (χ1v) is 4.76. The lowest BCUT2D eigenvalue weighted by Crippen LogP contribution is -1.86. The second-order valence-electron chi connectivity index (χ2n) is 3.25. The predicted octanol–water partition coefficient (Wildman–Crippen LogP) is 3.59. The summed E-state index contributed by atoms with van der Waals surface area (Å²) in [6.45, 7) is 0. The lowest BCUT2D eigenvalue weighted by atomic mass is 10.2. The first-order valence-electron chi connectivity index (χ1n) is 4.76. The maximum absolute atomic E-state index is 12.6. The van der Waals surface area contributed by atoms with Crippen molar-refractivity contribution in [3.05, 3.63) is 59.9 Å². The molecule has 2 rings (SSSR count). The minimum Gasteiger partial charge on any atom is -0.457 e. The Morgan fingerprint density at radius 2 is 1.71 bits per heavy atom. The van der Waals surface area contributed by atoms with Crippen LogP contribution in [0.4, 0.5) is 4.39 Å². The highest BCUT2D eigenvalue weighted by atomic mass is 19.1. The summed E-state index contributed by atoms with van der Waals surface area (Å²) in [6.07, 6.45) is 0.748. The number of rotatable bonds is 3. The van der Waals surface area contributed by atoms with E-state index in [1.165, 1.54) is 24.3 Å². The Kier molecular flexibility index (Phi) is 4.37. The fourth-order valence-electron chi connectivity index (χ4n) is 1.29. The summed E-state index contributed by atoms with van der Waals surface area (Å²) in [7, 11) is 0. The first-order chi connectivity index (χ1) is 7.78. The van der Waals surface area contributed by atoms with Crippen molar-refractivity contribution in [1.82, 2.24) is 6.15 Å². The number of hydrogen-bond donors (Lipinski definition) is 1. The van der Waals surface area contributed by atoms with E-state index in [1.807, 2.05) is 0 Å². The highest BCUT2D eigenvalue weighted by molar-refractivity contribution is 5.75. The fraction of sp³-hybridized carbons (Fsp3) is 0. The molecular formula is C13H12FNO2. The van der Waals surface area contributed by atoms with Crippen LogP contribution in [0.3, 0.4) is 0 Å². The summed E-state index contributed by atoms with van der Waals surface area (Å²) in [5, 5.41) is 0. The second kappa shape index (κ2) is 5.77. The van der Waals surface area contributed by atoms with Crippen molar-refractivity contribution in [3.8, 4) is 11.5 Å². The smallest absolute Gasteiger partial charge is 0.150 e. The first kappa shape index (κ1) is 12.9. The third-order valence-electron chi connectivity index (χ3n) is 2.04. The number of halogens is 1. The van der Waals surface area contributed by atoms with Crippen LogP contribution in [0.5, 0.6) is 11.5 Å². The van der Waals surface area contributed by atoms with Crippen LogP contribution in [0.25, 0.3) is 0 Å². The van der Waals surface area contributed by atoms with E-state index in [9.17, 15) is 9.18 Å². The average Bonchev–Trinajstić information content (AvgIpc) is 2.32. The molecule has 3 N–H and O–H groups in total. The Labute approximate surface area is 98.4 Å². The van der Waals surface area contributed by atoms with Gasteiger partial charge in [-0.05, 0) is 36.4 Å². The van der Waals surface area contributed by atoms with Crippen molar-refractivity contribution in [2.45, 2.75) is 0 Å². The molecule has 2 aromatic rings. The van der Waals surface area contributed by atoms with Crippen LogP contribution in [0.1, 0.15) is 10.4 Å². The number of benzene rings is 2. The third-order valence-corrected chi connectivity index (χ3v) is 2.04. The lowest BCUT2D eigenvalue weighted by molar-refractivity contribution is 0.112. The number of hydrogen-bond acceptors (Lipinski definition) is 3. The van der Waals surface area contributed by atoms with Crippen LogP contribution >= 0.6 is 0 Å². The molecule has 4 heteroatoms. The van der Waals surface area contributed by atoms with E-state index in [2.05, 4.69) is 0 Å². The van der Waals surface area contributed by atoms with Gasteiger partial charge in [0.25, 0.3) is 0 Å². The van der Waals surface area contributed by atoms with Crippen LogP contribution in [-0.2, 0) is 0 Å². The second-order valence-corrected chi connectivity index (χ2v) is 3.25. The molecule has 0 aliphatic rings. The Morgan fingerprint density at radius 1 is 1.00 bits per heavy atom. The van der Waals surface area contributed by atoms with Gasteiger partial charge in [-0.15, -0.1) is 0 Å². The molecule has 88 valence electrons. The number of aldehydes is 1. The monoisotopic (exact) mass is 233 g/mol. The lowest BCUT2D eigenvalue weighted by Gasteiger charge is -2.05. The summed E-state index contributed by atoms with van der Waals surface area (Å²) in [4.78, 5) is 10.6. The Hall–Kier alpha value is -2.20. The van der Waals surface area contributed by atoms with E-state index in [0.29, 0.717) is 17.1 Å². The van der Waals surface area contributed by atoms with Gasteiger partial charge in [0.05, 0.1) is 0 Å². The molecule has 0 bridgehead atoms. The van der Waals surface area contributed by atoms with Gasteiger partial charge in [0, 0.05) is 5.56 Å². The molecule has 0 aliphatic heterocycles. The van der Waals surface area contributed by atoms with E-state index >= 15 is 0 Å². The van der Waals surface area contributed by atoms with E-state index < -0.39 is 0 Å². The molecule has 0 heterocycles. The SMILES string of the molecule is N.O=Cc1cccc(Oc2ccc(F)cc2)c1. The predicted molar refractivity (Wildman–Crippen MR) is 63.3 cm³/mol. The summed E-state index contributed by atoms with van der Waals surface area (Å²) < 4.78 is 18.1. The van der Waals surface area contributed by atoms with Gasteiger partial charge in [-0.25, -0.2) is 4.39 Å². The molecule has 0 saturated carbocycles. The van der Waals surface area contributed by atoms with Gasteiger partial charge in [0.2, 0.25) is 0 Å². The Morgan fingerprint density at radius 3 is 2.35 bits per heavy atom. The molecular weight excluding hydrogens is 221 g/mol. The number of carbonyl (C=O) groups is 1. The zero-order valence-corrected chi connectivity index (χ0v) is 9.10. The highest BCUT2D eigenvalue weighted by Gasteiger charge is 1.98. The van der Waals surface area contributed by atoms with Gasteiger partial charge in [0.15, 0.2) is 0 Å². The average molecular weight is 233 g/mol. The summed E-state index contributed by atoms with van der Waals surface area (Å²) >= 11 is 0. The maximum Gasteiger partial charge on any atom is 0.150 e. The molecule has 0 aliphatic carbocycles. The Bertz CT molecular complexity index is 497. The van der Waals surface area contributed by atoms with Crippen molar-refractivity contribution in [3.63, 3.8) is 0 Å². The zero-order valence-electron chi connectivity index (χ0n) is 9.10. The summed E-state index contributed by atoms with van der Waals surface area (Å²) in [6, 6.07) is 12.5. The van der Waals surface area contributed by atoms with Crippen LogP contribution in [0, 0.1) is 5.82 Å². The molecule has 0 unspecified atom stereocenters. The van der Waals surface area contributed by atoms with Gasteiger partial charge in [-0.3, -0.25) is 4.79 Å². The van der Waals surface area contributed by atoms with E-state index in [4.69, 9.17) is 4.74 Å². The topological polar surface area (TPSA) is 61.3 Å². The number of ether oxygens (including phenoxy) is 1. The van der Waals surface area contributed by atoms with Crippen molar-refractivity contribution in [1.29, 1.82) is 0 Å². The molecule has 0 saturated heterocycles. The van der Waals surface area contributed by atoms with Crippen molar-refractivity contribution < 1.29 is 13.9 Å². The van der Waals surface area contributed by atoms with Crippen molar-refractivity contribution in [2.75, 3.05) is 0 Å². The van der Waals surface area contributed by atoms with Crippen LogP contribution in [0.15, 0.2) is 48.5 Å². The molecule has 0 spiro atoms. The van der Waals surface area contributed by atoms with Gasteiger partial charge in [0.1, 0.15) is 23.6 Å². The van der Waals surface area contributed by atoms with E-state index in [-0.39, 0.29) is 12.0 Å². The minimum absolute atomic E-state index is 0. The molecule has 3 nitrogen and oxygen atoms in total. The van der Waals surface area contributed by atoms with E-state index in [0.717, 1.165) is 6.29 Å². The van der Waals surface area contributed by atoms with Crippen LogP contribution in [-0.4, -0.2) is 6.29 Å². The summed E-state index contributed by atoms with van der Waals surface area (Å²) in [5.41, 5.74) is 0.541. The van der Waals surface area contributed by atoms with Crippen LogP contribution < -0.4 is 10.9 Å². The van der Waals surface area contributed by atoms with Gasteiger partial charge in [-0.2, -0.15) is 0 Å². The van der Waals surface area contributed by atoms with Crippen molar-refractivity contribution >= 4 is 6.29 Å². The fourth-order valence-corrected chi connectivity index (χ4v) is 1.29. The molecule has 0 radical (unpaired) electrons.